The largest absolute Gasteiger partial charge is 0.493 e. The number of ether oxygens (including phenoxy) is 2. The molecule has 1 N–H and O–H groups in total. The van der Waals surface area contributed by atoms with E-state index in [-0.39, 0.29) is 34.7 Å². The molecule has 32 heavy (non-hydrogen) atoms. The smallest absolute Gasteiger partial charge is 0.336 e. The fourth-order valence-electron chi connectivity index (χ4n) is 6.59. The van der Waals surface area contributed by atoms with E-state index in [2.05, 4.69) is 20.8 Å². The molecule has 2 saturated carbocycles. The van der Waals surface area contributed by atoms with Crippen molar-refractivity contribution in [2.45, 2.75) is 72.0 Å². The Morgan fingerprint density at radius 3 is 2.56 bits per heavy atom. The summed E-state index contributed by atoms with van der Waals surface area (Å²) in [4.78, 5) is 23.2. The van der Waals surface area contributed by atoms with Gasteiger partial charge in [0.2, 0.25) is 0 Å². The van der Waals surface area contributed by atoms with Gasteiger partial charge in [-0.2, -0.15) is 0 Å². The number of aliphatic hydroxyl groups is 1. The van der Waals surface area contributed by atoms with Crippen LogP contribution in [0.4, 0.5) is 0 Å². The normalized spacial score (nSPS) is 34.0. The predicted molar refractivity (Wildman–Crippen MR) is 121 cm³/mol. The molecule has 2 aromatic rings. The first kappa shape index (κ1) is 22.8. The van der Waals surface area contributed by atoms with Crippen molar-refractivity contribution in [2.75, 3.05) is 6.61 Å². The first-order valence-corrected chi connectivity index (χ1v) is 11.5. The molecule has 1 aromatic heterocycles. The Bertz CT molecular complexity index is 1070. The van der Waals surface area contributed by atoms with Crippen LogP contribution in [0.15, 0.2) is 39.5 Å². The molecule has 0 saturated heterocycles. The van der Waals surface area contributed by atoms with Crippen molar-refractivity contribution in [3.8, 4) is 5.75 Å². The minimum atomic E-state index is -0.862. The Balaban J connectivity index is 1.59. The van der Waals surface area contributed by atoms with Crippen LogP contribution in [0, 0.1) is 22.7 Å². The number of rotatable bonds is 4. The van der Waals surface area contributed by atoms with Gasteiger partial charge in [-0.05, 0) is 62.1 Å². The van der Waals surface area contributed by atoms with Crippen LogP contribution >= 0.6 is 0 Å². The molecule has 5 atom stereocenters. The van der Waals surface area contributed by atoms with Crippen LogP contribution in [-0.2, 0) is 9.53 Å². The maximum absolute atomic E-state index is 11.7. The van der Waals surface area contributed by atoms with Gasteiger partial charge in [0.05, 0.1) is 12.2 Å². The summed E-state index contributed by atoms with van der Waals surface area (Å²) in [7, 11) is 0. The highest BCUT2D eigenvalue weighted by Gasteiger charge is 2.61. The lowest BCUT2D eigenvalue weighted by Crippen LogP contribution is -2.62. The van der Waals surface area contributed by atoms with Gasteiger partial charge in [0.15, 0.2) is 0 Å². The number of benzene rings is 1. The fraction of sp³-hybridized carbons (Fsp3) is 0.615. The fourth-order valence-corrected chi connectivity index (χ4v) is 6.59. The van der Waals surface area contributed by atoms with E-state index >= 15 is 0 Å². The molecule has 6 nitrogen and oxygen atoms in total. The van der Waals surface area contributed by atoms with Gasteiger partial charge in [0, 0.05) is 35.8 Å². The van der Waals surface area contributed by atoms with E-state index < -0.39 is 11.2 Å². The molecule has 2 aliphatic carbocycles. The minimum Gasteiger partial charge on any atom is -0.493 e. The van der Waals surface area contributed by atoms with Crippen LogP contribution in [0.25, 0.3) is 11.0 Å². The van der Waals surface area contributed by atoms with Crippen molar-refractivity contribution in [3.05, 3.63) is 40.8 Å². The lowest BCUT2D eigenvalue weighted by atomic mass is 9.45. The summed E-state index contributed by atoms with van der Waals surface area (Å²) in [6.45, 7) is 10.4. The first-order chi connectivity index (χ1) is 14.9. The minimum absolute atomic E-state index is 0.0928. The molecule has 2 fully saturated rings. The number of hydrogen-bond acceptors (Lipinski definition) is 6. The maximum atomic E-state index is 11.7. The second-order valence-corrected chi connectivity index (χ2v) is 10.7. The van der Waals surface area contributed by atoms with Gasteiger partial charge in [-0.15, -0.1) is 0 Å². The molecule has 1 heterocycles. The van der Waals surface area contributed by atoms with Gasteiger partial charge in [0.1, 0.15) is 17.4 Å². The number of fused-ring (bicyclic) bond motifs is 2. The van der Waals surface area contributed by atoms with Crippen molar-refractivity contribution in [3.63, 3.8) is 0 Å². The topological polar surface area (TPSA) is 86.0 Å². The van der Waals surface area contributed by atoms with E-state index in [9.17, 15) is 14.7 Å². The third-order valence-electron chi connectivity index (χ3n) is 8.27. The number of carbonyl (C=O) groups is 1. The van der Waals surface area contributed by atoms with Crippen molar-refractivity contribution < 1.29 is 23.8 Å². The molecule has 0 radical (unpaired) electrons. The van der Waals surface area contributed by atoms with Crippen LogP contribution in [0.3, 0.4) is 0 Å². The monoisotopic (exact) mass is 442 g/mol. The lowest BCUT2D eigenvalue weighted by Gasteiger charge is -2.62. The Morgan fingerprint density at radius 1 is 1.12 bits per heavy atom. The molecule has 1 aromatic carbocycles. The summed E-state index contributed by atoms with van der Waals surface area (Å²) >= 11 is 0. The summed E-state index contributed by atoms with van der Waals surface area (Å²) in [5, 5.41) is 12.2. The highest BCUT2D eigenvalue weighted by atomic mass is 16.5. The van der Waals surface area contributed by atoms with E-state index in [1.54, 1.807) is 12.1 Å². The summed E-state index contributed by atoms with van der Waals surface area (Å²) in [5.74, 6) is 0.569. The van der Waals surface area contributed by atoms with Crippen LogP contribution in [0.1, 0.15) is 60.3 Å². The van der Waals surface area contributed by atoms with Crippen LogP contribution in [-0.4, -0.2) is 29.4 Å². The molecule has 0 unspecified atom stereocenters. The molecular formula is C26H34O6. The number of esters is 1. The molecule has 0 aliphatic heterocycles. The molecular weight excluding hydrogens is 408 g/mol. The summed E-state index contributed by atoms with van der Waals surface area (Å²) in [6, 6.07) is 8.59. The van der Waals surface area contributed by atoms with Crippen LogP contribution in [0.2, 0.25) is 0 Å². The zero-order valence-electron chi connectivity index (χ0n) is 19.6. The van der Waals surface area contributed by atoms with E-state index in [1.807, 2.05) is 19.1 Å². The van der Waals surface area contributed by atoms with Crippen molar-refractivity contribution in [2.24, 2.45) is 22.7 Å². The highest BCUT2D eigenvalue weighted by molar-refractivity contribution is 5.77. The second-order valence-electron chi connectivity index (χ2n) is 10.7. The van der Waals surface area contributed by atoms with Gasteiger partial charge in [-0.25, -0.2) is 4.79 Å². The third kappa shape index (κ3) is 3.94. The van der Waals surface area contributed by atoms with E-state index in [1.165, 1.54) is 13.0 Å². The molecule has 0 spiro atoms. The van der Waals surface area contributed by atoms with E-state index in [4.69, 9.17) is 13.9 Å². The van der Waals surface area contributed by atoms with E-state index in [0.717, 1.165) is 24.6 Å². The summed E-state index contributed by atoms with van der Waals surface area (Å²) in [5.41, 5.74) is -1.13. The van der Waals surface area contributed by atoms with Crippen molar-refractivity contribution in [1.29, 1.82) is 0 Å². The van der Waals surface area contributed by atoms with Gasteiger partial charge in [0.25, 0.3) is 0 Å². The zero-order chi connectivity index (χ0) is 23.3. The Labute approximate surface area is 188 Å². The molecule has 0 amide bonds. The average Bonchev–Trinajstić information content (AvgIpc) is 2.68. The van der Waals surface area contributed by atoms with Gasteiger partial charge >= 0.3 is 11.6 Å². The van der Waals surface area contributed by atoms with Gasteiger partial charge < -0.3 is 19.0 Å². The Hall–Kier alpha value is -2.34. The first-order valence-electron chi connectivity index (χ1n) is 11.5. The molecule has 6 heteroatoms. The highest BCUT2D eigenvalue weighted by Crippen LogP contribution is 2.62. The molecule has 2 aliphatic rings. The van der Waals surface area contributed by atoms with E-state index in [0.29, 0.717) is 24.4 Å². The Morgan fingerprint density at radius 2 is 1.84 bits per heavy atom. The van der Waals surface area contributed by atoms with Crippen LogP contribution < -0.4 is 10.4 Å². The SMILES string of the molecule is CC(=O)O[C@H]1CC[C@]2(C)[C@H](CC[C@@](C)(O)[C@@H]2COc2ccc3ccc(=O)oc3c2)C1(C)C. The maximum Gasteiger partial charge on any atom is 0.336 e. The van der Waals surface area contributed by atoms with Crippen LogP contribution in [0.5, 0.6) is 5.75 Å². The molecule has 4 rings (SSSR count). The summed E-state index contributed by atoms with van der Waals surface area (Å²) in [6.07, 6.45) is 3.06. The van der Waals surface area contributed by atoms with Gasteiger partial charge in [-0.1, -0.05) is 20.8 Å². The van der Waals surface area contributed by atoms with Crippen molar-refractivity contribution in [1.82, 2.24) is 0 Å². The second kappa shape index (κ2) is 7.91. The molecule has 174 valence electrons. The van der Waals surface area contributed by atoms with Crippen molar-refractivity contribution >= 4 is 16.9 Å². The quantitative estimate of drug-likeness (QED) is 0.545. The zero-order valence-corrected chi connectivity index (χ0v) is 19.6. The summed E-state index contributed by atoms with van der Waals surface area (Å²) < 4.78 is 17.2. The standard InChI is InChI=1S/C26H34O6/c1-16(27)31-22-11-12-25(4)20(24(22,2)3)10-13-26(5,29)21(25)15-30-18-8-6-17-7-9-23(28)32-19(17)14-18/h6-9,14,20-22,29H,10-13,15H2,1-5H3/t20-,21-,22+,25-,26-/m1/s1. The number of hydrogen-bond donors (Lipinski definition) is 1. The lowest BCUT2D eigenvalue weighted by molar-refractivity contribution is -0.210. The predicted octanol–water partition coefficient (Wildman–Crippen LogP) is 4.71. The number of carbonyl (C=O) groups excluding carboxylic acids is 1. The average molecular weight is 443 g/mol. The van der Waals surface area contributed by atoms with Gasteiger partial charge in [-0.3, -0.25) is 4.79 Å². The third-order valence-corrected chi connectivity index (χ3v) is 8.27. The molecule has 0 bridgehead atoms. The Kier molecular flexibility index (Phi) is 5.64.